The van der Waals surface area contributed by atoms with Crippen LogP contribution in [0.25, 0.3) is 0 Å². The summed E-state index contributed by atoms with van der Waals surface area (Å²) in [4.78, 5) is 11.9. The van der Waals surface area contributed by atoms with Crippen LogP contribution in [-0.4, -0.2) is 43.9 Å². The van der Waals surface area contributed by atoms with Crippen molar-refractivity contribution in [3.63, 3.8) is 0 Å². The molecule has 2 atom stereocenters. The van der Waals surface area contributed by atoms with Crippen LogP contribution in [0.2, 0.25) is 0 Å². The number of aliphatic hydroxyl groups is 1. The van der Waals surface area contributed by atoms with E-state index in [1.165, 1.54) is 0 Å². The maximum Gasteiger partial charge on any atom is 0.224 e. The van der Waals surface area contributed by atoms with E-state index < -0.39 is 0 Å². The molecular formula is C15H23ClN2O3. The van der Waals surface area contributed by atoms with E-state index in [4.69, 9.17) is 4.74 Å². The van der Waals surface area contributed by atoms with Gasteiger partial charge < -0.3 is 20.5 Å². The molecule has 1 aromatic rings. The zero-order chi connectivity index (χ0) is 14.5. The van der Waals surface area contributed by atoms with Gasteiger partial charge in [-0.25, -0.2) is 0 Å². The molecule has 0 aliphatic carbocycles. The molecule has 1 heterocycles. The van der Waals surface area contributed by atoms with Gasteiger partial charge in [0.15, 0.2) is 0 Å². The molecule has 1 aliphatic rings. The number of ether oxygens (including phenoxy) is 1. The van der Waals surface area contributed by atoms with Gasteiger partial charge in [0.2, 0.25) is 5.91 Å². The van der Waals surface area contributed by atoms with E-state index in [0.717, 1.165) is 23.4 Å². The minimum atomic E-state index is -0.366. The van der Waals surface area contributed by atoms with Crippen LogP contribution in [0.3, 0.4) is 0 Å². The summed E-state index contributed by atoms with van der Waals surface area (Å²) in [5, 5.41) is 15.6. The highest BCUT2D eigenvalue weighted by Gasteiger charge is 2.24. The minimum absolute atomic E-state index is 0. The molecule has 0 spiro atoms. The highest BCUT2D eigenvalue weighted by Crippen LogP contribution is 2.19. The first kappa shape index (κ1) is 17.8. The predicted molar refractivity (Wildman–Crippen MR) is 84.1 cm³/mol. The SMILES string of the molecule is COc1cc(CC(=O)NCC2CNCC2O)ccc1C.Cl. The fourth-order valence-corrected chi connectivity index (χ4v) is 2.39. The number of aryl methyl sites for hydroxylation is 1. The summed E-state index contributed by atoms with van der Waals surface area (Å²) in [5.74, 6) is 0.868. The molecular weight excluding hydrogens is 292 g/mol. The van der Waals surface area contributed by atoms with Gasteiger partial charge in [0, 0.05) is 25.6 Å². The van der Waals surface area contributed by atoms with Crippen LogP contribution in [0.1, 0.15) is 11.1 Å². The third-order valence-electron chi connectivity index (χ3n) is 3.70. The van der Waals surface area contributed by atoms with Crippen molar-refractivity contribution in [1.29, 1.82) is 0 Å². The Morgan fingerprint density at radius 3 is 2.86 bits per heavy atom. The Morgan fingerprint density at radius 1 is 1.48 bits per heavy atom. The van der Waals surface area contributed by atoms with Gasteiger partial charge in [-0.2, -0.15) is 0 Å². The zero-order valence-electron chi connectivity index (χ0n) is 12.4. The number of halogens is 1. The van der Waals surface area contributed by atoms with Crippen LogP contribution in [0.5, 0.6) is 5.75 Å². The van der Waals surface area contributed by atoms with Crippen LogP contribution < -0.4 is 15.4 Å². The van der Waals surface area contributed by atoms with Crippen molar-refractivity contribution >= 4 is 18.3 Å². The normalized spacial score (nSPS) is 20.7. The monoisotopic (exact) mass is 314 g/mol. The Labute approximate surface area is 131 Å². The lowest BCUT2D eigenvalue weighted by Crippen LogP contribution is -2.35. The molecule has 1 fully saturated rings. The molecule has 21 heavy (non-hydrogen) atoms. The van der Waals surface area contributed by atoms with Gasteiger partial charge in [-0.1, -0.05) is 12.1 Å². The third kappa shape index (κ3) is 4.88. The molecule has 1 amide bonds. The lowest BCUT2D eigenvalue weighted by atomic mass is 10.1. The molecule has 6 heteroatoms. The summed E-state index contributed by atoms with van der Waals surface area (Å²) >= 11 is 0. The number of carbonyl (C=O) groups excluding carboxylic acids is 1. The average molecular weight is 315 g/mol. The van der Waals surface area contributed by atoms with Gasteiger partial charge in [-0.15, -0.1) is 12.4 Å². The van der Waals surface area contributed by atoms with Gasteiger partial charge >= 0.3 is 0 Å². The number of benzene rings is 1. The third-order valence-corrected chi connectivity index (χ3v) is 3.70. The molecule has 0 saturated carbocycles. The Hall–Kier alpha value is -1.30. The standard InChI is InChI=1S/C15H22N2O3.ClH/c1-10-3-4-11(5-14(10)20-2)6-15(19)17-8-12-7-16-9-13(12)18;/h3-5,12-13,16,18H,6-9H2,1-2H3,(H,17,19);1H. The van der Waals surface area contributed by atoms with Crippen molar-refractivity contribution in [3.8, 4) is 5.75 Å². The van der Waals surface area contributed by atoms with Crippen molar-refractivity contribution in [2.45, 2.75) is 19.4 Å². The smallest absolute Gasteiger partial charge is 0.224 e. The van der Waals surface area contributed by atoms with Crippen molar-refractivity contribution in [3.05, 3.63) is 29.3 Å². The number of nitrogens with one attached hydrogen (secondary N) is 2. The maximum absolute atomic E-state index is 11.9. The molecule has 5 nitrogen and oxygen atoms in total. The Balaban J connectivity index is 0.00000220. The van der Waals surface area contributed by atoms with Crippen molar-refractivity contribution in [2.24, 2.45) is 5.92 Å². The molecule has 1 aliphatic heterocycles. The summed E-state index contributed by atoms with van der Waals surface area (Å²) in [6.07, 6.45) is -0.0397. The van der Waals surface area contributed by atoms with E-state index in [1.54, 1.807) is 7.11 Å². The van der Waals surface area contributed by atoms with E-state index in [0.29, 0.717) is 19.5 Å². The van der Waals surface area contributed by atoms with Crippen LogP contribution in [0, 0.1) is 12.8 Å². The molecule has 2 unspecified atom stereocenters. The average Bonchev–Trinajstić information content (AvgIpc) is 2.84. The maximum atomic E-state index is 11.9. The van der Waals surface area contributed by atoms with Crippen LogP contribution in [0.15, 0.2) is 18.2 Å². The quantitative estimate of drug-likeness (QED) is 0.747. The molecule has 0 radical (unpaired) electrons. The minimum Gasteiger partial charge on any atom is -0.496 e. The van der Waals surface area contributed by atoms with E-state index in [-0.39, 0.29) is 30.3 Å². The fourth-order valence-electron chi connectivity index (χ4n) is 2.39. The highest BCUT2D eigenvalue weighted by atomic mass is 35.5. The molecule has 118 valence electrons. The molecule has 1 aromatic carbocycles. The number of hydrogen-bond acceptors (Lipinski definition) is 4. The largest absolute Gasteiger partial charge is 0.496 e. The van der Waals surface area contributed by atoms with Gasteiger partial charge in [-0.05, 0) is 24.1 Å². The molecule has 1 saturated heterocycles. The Bertz CT molecular complexity index is 482. The first-order valence-corrected chi connectivity index (χ1v) is 6.89. The lowest BCUT2D eigenvalue weighted by Gasteiger charge is -2.14. The van der Waals surface area contributed by atoms with E-state index >= 15 is 0 Å². The molecule has 0 bridgehead atoms. The zero-order valence-corrected chi connectivity index (χ0v) is 13.2. The second-order valence-corrected chi connectivity index (χ2v) is 5.27. The van der Waals surface area contributed by atoms with Crippen molar-refractivity contribution < 1.29 is 14.6 Å². The van der Waals surface area contributed by atoms with Gasteiger partial charge in [0.25, 0.3) is 0 Å². The first-order valence-electron chi connectivity index (χ1n) is 6.89. The van der Waals surface area contributed by atoms with E-state index in [2.05, 4.69) is 10.6 Å². The van der Waals surface area contributed by atoms with Gasteiger partial charge in [-0.3, -0.25) is 4.79 Å². The number of rotatable bonds is 5. The lowest BCUT2D eigenvalue weighted by molar-refractivity contribution is -0.120. The second kappa shape index (κ2) is 8.22. The first-order chi connectivity index (χ1) is 9.60. The summed E-state index contributed by atoms with van der Waals surface area (Å²) in [7, 11) is 1.63. The van der Waals surface area contributed by atoms with Gasteiger partial charge in [0.05, 0.1) is 19.6 Å². The second-order valence-electron chi connectivity index (χ2n) is 5.27. The number of methoxy groups -OCH3 is 1. The number of aliphatic hydroxyl groups excluding tert-OH is 1. The highest BCUT2D eigenvalue weighted by molar-refractivity contribution is 5.85. The van der Waals surface area contributed by atoms with E-state index in [1.807, 2.05) is 25.1 Å². The van der Waals surface area contributed by atoms with E-state index in [9.17, 15) is 9.90 Å². The van der Waals surface area contributed by atoms with Crippen LogP contribution in [-0.2, 0) is 11.2 Å². The number of amides is 1. The number of hydrogen-bond donors (Lipinski definition) is 3. The molecule has 0 aromatic heterocycles. The summed E-state index contributed by atoms with van der Waals surface area (Å²) in [6.45, 7) is 3.84. The number of carbonyl (C=O) groups is 1. The van der Waals surface area contributed by atoms with Crippen LogP contribution >= 0.6 is 12.4 Å². The Kier molecular flexibility index (Phi) is 6.95. The predicted octanol–water partition coefficient (Wildman–Crippen LogP) is 0.664. The summed E-state index contributed by atoms with van der Waals surface area (Å²) in [6, 6.07) is 5.77. The van der Waals surface area contributed by atoms with Crippen molar-refractivity contribution in [1.82, 2.24) is 10.6 Å². The summed E-state index contributed by atoms with van der Waals surface area (Å²) in [5.41, 5.74) is 1.98. The molecule has 3 N–H and O–H groups in total. The Morgan fingerprint density at radius 2 is 2.24 bits per heavy atom. The van der Waals surface area contributed by atoms with Gasteiger partial charge in [0.1, 0.15) is 5.75 Å². The summed E-state index contributed by atoms with van der Waals surface area (Å²) < 4.78 is 5.25. The fraction of sp³-hybridized carbons (Fsp3) is 0.533. The topological polar surface area (TPSA) is 70.6 Å². The van der Waals surface area contributed by atoms with Crippen LogP contribution in [0.4, 0.5) is 0 Å². The number of β-amino-alcohol motifs (C(OH)–C–C–N with tert-alkyl or cyclic N) is 1. The molecule has 2 rings (SSSR count). The van der Waals surface area contributed by atoms with Crippen molar-refractivity contribution in [2.75, 3.05) is 26.7 Å².